The Bertz CT molecular complexity index is 791. The van der Waals surface area contributed by atoms with E-state index in [4.69, 9.17) is 10.6 Å². The molecule has 2 aromatic rings. The van der Waals surface area contributed by atoms with Crippen molar-refractivity contribution in [2.45, 2.75) is 32.4 Å². The van der Waals surface area contributed by atoms with E-state index in [1.165, 1.54) is 0 Å². The maximum atomic E-state index is 5.93. The maximum absolute atomic E-state index is 5.93. The zero-order valence-corrected chi connectivity index (χ0v) is 15.3. The number of nitrogens with two attached hydrogens (primary N) is 1. The lowest BCUT2D eigenvalue weighted by atomic mass is 9.88. The highest BCUT2D eigenvalue weighted by Crippen LogP contribution is 2.35. The van der Waals surface area contributed by atoms with Crippen LogP contribution in [0.25, 0.3) is 0 Å². The average Bonchev–Trinajstić information content (AvgIpc) is 2.62. The Kier molecular flexibility index (Phi) is 5.38. The van der Waals surface area contributed by atoms with Crippen LogP contribution in [0.4, 0.5) is 0 Å². The predicted octanol–water partition coefficient (Wildman–Crippen LogP) is 3.69. The summed E-state index contributed by atoms with van der Waals surface area (Å²) in [6, 6.07) is 12.1. The highest BCUT2D eigenvalue weighted by molar-refractivity contribution is 8.13. The van der Waals surface area contributed by atoms with Gasteiger partial charge in [-0.25, -0.2) is 0 Å². The number of oxime groups is 1. The van der Waals surface area contributed by atoms with Gasteiger partial charge in [0.1, 0.15) is 6.61 Å². The molecule has 0 bridgehead atoms. The van der Waals surface area contributed by atoms with Crippen LogP contribution in [-0.2, 0) is 17.0 Å². The van der Waals surface area contributed by atoms with E-state index in [1.54, 1.807) is 24.2 Å². The van der Waals surface area contributed by atoms with Gasteiger partial charge in [0, 0.05) is 18.1 Å². The average molecular weight is 354 g/mol. The van der Waals surface area contributed by atoms with Gasteiger partial charge >= 0.3 is 0 Å². The third-order valence-electron chi connectivity index (χ3n) is 4.28. The summed E-state index contributed by atoms with van der Waals surface area (Å²) in [6.45, 7) is 4.50. The third-order valence-corrected chi connectivity index (χ3v) is 5.08. The molecule has 25 heavy (non-hydrogen) atoms. The van der Waals surface area contributed by atoms with Crippen LogP contribution < -0.4 is 5.73 Å². The quantitative estimate of drug-likeness (QED) is 0.656. The first-order valence-corrected chi connectivity index (χ1v) is 9.20. The molecule has 5 nitrogen and oxygen atoms in total. The van der Waals surface area contributed by atoms with Gasteiger partial charge in [0.2, 0.25) is 0 Å². The minimum atomic E-state index is -0.274. The van der Waals surface area contributed by atoms with E-state index in [9.17, 15) is 0 Å². The number of thioether (sulfide) groups is 1. The number of aromatic nitrogens is 1. The van der Waals surface area contributed by atoms with Crippen LogP contribution in [0.2, 0.25) is 0 Å². The van der Waals surface area contributed by atoms with E-state index < -0.39 is 0 Å². The van der Waals surface area contributed by atoms with Crippen molar-refractivity contribution in [1.29, 1.82) is 0 Å². The third kappa shape index (κ3) is 4.39. The number of benzene rings is 1. The second-order valence-electron chi connectivity index (χ2n) is 6.21. The van der Waals surface area contributed by atoms with Crippen molar-refractivity contribution < 1.29 is 4.84 Å². The fourth-order valence-electron chi connectivity index (χ4n) is 2.71. The Labute approximate surface area is 152 Å². The molecule has 1 aromatic heterocycles. The summed E-state index contributed by atoms with van der Waals surface area (Å²) in [5.74, 6) is 0.984. The maximum Gasteiger partial charge on any atom is 0.154 e. The first-order chi connectivity index (χ1) is 12.1. The molecule has 0 amide bonds. The van der Waals surface area contributed by atoms with Gasteiger partial charge in [0.15, 0.2) is 5.17 Å². The SMILES string of the molecule is C/C(=N\OCc1ccncc1)c1cccc(C2(C)CCSC(N)=N2)c1. The molecule has 2 heterocycles. The topological polar surface area (TPSA) is 72.9 Å². The first kappa shape index (κ1) is 17.5. The molecule has 130 valence electrons. The lowest BCUT2D eigenvalue weighted by Crippen LogP contribution is -2.28. The number of amidine groups is 1. The molecule has 3 rings (SSSR count). The highest BCUT2D eigenvalue weighted by atomic mass is 32.2. The summed E-state index contributed by atoms with van der Waals surface area (Å²) in [5, 5.41) is 4.90. The molecular weight excluding hydrogens is 332 g/mol. The highest BCUT2D eigenvalue weighted by Gasteiger charge is 2.29. The van der Waals surface area contributed by atoms with E-state index in [0.29, 0.717) is 11.8 Å². The van der Waals surface area contributed by atoms with Crippen LogP contribution in [0.15, 0.2) is 58.9 Å². The smallest absolute Gasteiger partial charge is 0.154 e. The van der Waals surface area contributed by atoms with Crippen LogP contribution in [0, 0.1) is 0 Å². The van der Waals surface area contributed by atoms with Gasteiger partial charge in [0.05, 0.1) is 11.3 Å². The fraction of sp³-hybridized carbons (Fsp3) is 0.316. The van der Waals surface area contributed by atoms with Crippen molar-refractivity contribution in [1.82, 2.24) is 4.98 Å². The second-order valence-corrected chi connectivity index (χ2v) is 7.32. The normalized spacial score (nSPS) is 20.9. The monoisotopic (exact) mass is 354 g/mol. The van der Waals surface area contributed by atoms with Crippen LogP contribution in [-0.4, -0.2) is 21.6 Å². The Morgan fingerprint density at radius 3 is 2.88 bits per heavy atom. The first-order valence-electron chi connectivity index (χ1n) is 8.21. The molecule has 0 saturated carbocycles. The molecule has 0 fully saturated rings. The zero-order chi connectivity index (χ0) is 17.7. The summed E-state index contributed by atoms with van der Waals surface area (Å²) in [6.07, 6.45) is 4.46. The minimum absolute atomic E-state index is 0.274. The van der Waals surface area contributed by atoms with Crippen LogP contribution in [0.1, 0.15) is 37.0 Å². The molecule has 1 aliphatic heterocycles. The number of rotatable bonds is 5. The largest absolute Gasteiger partial charge is 0.391 e. The van der Waals surface area contributed by atoms with Crippen LogP contribution >= 0.6 is 11.8 Å². The Morgan fingerprint density at radius 2 is 2.12 bits per heavy atom. The van der Waals surface area contributed by atoms with Gasteiger partial charge < -0.3 is 10.6 Å². The van der Waals surface area contributed by atoms with Crippen molar-refractivity contribution >= 4 is 22.6 Å². The molecule has 0 radical (unpaired) electrons. The fourth-order valence-corrected chi connectivity index (χ4v) is 3.68. The molecule has 0 spiro atoms. The summed E-state index contributed by atoms with van der Waals surface area (Å²) in [5.41, 5.74) is 9.71. The van der Waals surface area contributed by atoms with E-state index in [0.717, 1.165) is 34.6 Å². The molecule has 0 saturated heterocycles. The van der Waals surface area contributed by atoms with Gasteiger partial charge in [-0.15, -0.1) is 0 Å². The predicted molar refractivity (Wildman–Crippen MR) is 104 cm³/mol. The van der Waals surface area contributed by atoms with Gasteiger partial charge in [-0.3, -0.25) is 9.98 Å². The second kappa shape index (κ2) is 7.70. The number of hydrogen-bond acceptors (Lipinski definition) is 6. The van der Waals surface area contributed by atoms with Crippen LogP contribution in [0.5, 0.6) is 0 Å². The van der Waals surface area contributed by atoms with Crippen molar-refractivity contribution in [3.8, 4) is 0 Å². The molecule has 6 heteroatoms. The molecule has 1 aromatic carbocycles. The van der Waals surface area contributed by atoms with Crippen molar-refractivity contribution in [2.75, 3.05) is 5.75 Å². The van der Waals surface area contributed by atoms with Gasteiger partial charge in [0.25, 0.3) is 0 Å². The van der Waals surface area contributed by atoms with Crippen molar-refractivity contribution in [3.63, 3.8) is 0 Å². The Morgan fingerprint density at radius 1 is 1.32 bits per heavy atom. The standard InChI is InChI=1S/C19H22N4OS/c1-14(23-24-13-15-6-9-21-10-7-15)16-4-3-5-17(12-16)19(2)8-11-25-18(20)22-19/h3-7,9-10,12H,8,11,13H2,1-2H3,(H2,20,22)/b23-14+. The van der Waals surface area contributed by atoms with E-state index in [2.05, 4.69) is 34.2 Å². The lowest BCUT2D eigenvalue weighted by molar-refractivity contribution is 0.130. The molecule has 1 unspecified atom stereocenters. The van der Waals surface area contributed by atoms with Crippen molar-refractivity contribution in [3.05, 3.63) is 65.5 Å². The van der Waals surface area contributed by atoms with Gasteiger partial charge in [-0.05, 0) is 55.2 Å². The number of hydrogen-bond donors (Lipinski definition) is 1. The molecular formula is C19H22N4OS. The summed E-state index contributed by atoms with van der Waals surface area (Å²) in [7, 11) is 0. The molecule has 1 atom stereocenters. The Balaban J connectivity index is 1.74. The van der Waals surface area contributed by atoms with Crippen LogP contribution in [0.3, 0.4) is 0 Å². The minimum Gasteiger partial charge on any atom is -0.391 e. The molecule has 1 aliphatic rings. The Hall–Kier alpha value is -2.34. The summed E-state index contributed by atoms with van der Waals surface area (Å²) in [4.78, 5) is 14.1. The molecule has 0 aliphatic carbocycles. The summed E-state index contributed by atoms with van der Waals surface area (Å²) >= 11 is 1.61. The van der Waals surface area contributed by atoms with E-state index in [1.807, 2.05) is 31.2 Å². The lowest BCUT2D eigenvalue weighted by Gasteiger charge is -2.30. The number of nitrogens with zero attached hydrogens (tertiary/aromatic N) is 3. The van der Waals surface area contributed by atoms with Crippen molar-refractivity contribution in [2.24, 2.45) is 15.9 Å². The zero-order valence-electron chi connectivity index (χ0n) is 14.5. The van der Waals surface area contributed by atoms with E-state index in [-0.39, 0.29) is 5.54 Å². The number of aliphatic imine (C=N–C) groups is 1. The van der Waals surface area contributed by atoms with Gasteiger partial charge in [-0.1, -0.05) is 35.1 Å². The number of pyridine rings is 1. The summed E-state index contributed by atoms with van der Waals surface area (Å²) < 4.78 is 0. The van der Waals surface area contributed by atoms with Gasteiger partial charge in [-0.2, -0.15) is 0 Å². The van der Waals surface area contributed by atoms with E-state index >= 15 is 0 Å². The molecule has 2 N–H and O–H groups in total.